The molecule has 0 unspecified atom stereocenters. The molecule has 0 atom stereocenters. The van der Waals surface area contributed by atoms with Crippen LogP contribution in [-0.4, -0.2) is 11.4 Å². The molecule has 1 aliphatic rings. The fourth-order valence-corrected chi connectivity index (χ4v) is 1.74. The van der Waals surface area contributed by atoms with Gasteiger partial charge in [-0.1, -0.05) is 0 Å². The quantitative estimate of drug-likeness (QED) is 0.727. The number of halogens is 3. The fraction of sp³-hybridized carbons (Fsp3) is 0.364. The maximum absolute atomic E-state index is 13.9. The van der Waals surface area contributed by atoms with Gasteiger partial charge in [0.25, 0.3) is 11.8 Å². The van der Waals surface area contributed by atoms with Crippen LogP contribution in [0.3, 0.4) is 0 Å². The van der Waals surface area contributed by atoms with Gasteiger partial charge in [-0.05, 0) is 32.0 Å². The Morgan fingerprint density at radius 3 is 2.50 bits per heavy atom. The van der Waals surface area contributed by atoms with Crippen LogP contribution in [0, 0.1) is 5.82 Å². The van der Waals surface area contributed by atoms with Gasteiger partial charge in [0.05, 0.1) is 0 Å². The van der Waals surface area contributed by atoms with E-state index >= 15 is 0 Å². The first-order chi connectivity index (χ1) is 7.25. The number of rotatable bonds is 0. The van der Waals surface area contributed by atoms with Crippen molar-refractivity contribution in [3.8, 4) is 0 Å². The molecule has 5 heteroatoms. The molecular weight excluding hydrogens is 219 g/mol. The van der Waals surface area contributed by atoms with Crippen molar-refractivity contribution in [2.75, 3.05) is 0 Å². The average Bonchev–Trinajstić information content (AvgIpc) is 2.14. The van der Waals surface area contributed by atoms with Crippen molar-refractivity contribution in [1.82, 2.24) is 5.32 Å². The van der Waals surface area contributed by atoms with Gasteiger partial charge in [-0.3, -0.25) is 4.79 Å². The maximum atomic E-state index is 13.9. The molecule has 0 bridgehead atoms. The molecular formula is C11H10F3NO. The lowest BCUT2D eigenvalue weighted by atomic mass is 9.83. The first-order valence-electron chi connectivity index (χ1n) is 4.76. The molecule has 1 aromatic rings. The molecule has 1 heterocycles. The third-order valence-corrected chi connectivity index (χ3v) is 2.78. The highest BCUT2D eigenvalue weighted by Gasteiger charge is 2.54. The van der Waals surface area contributed by atoms with E-state index in [9.17, 15) is 18.0 Å². The smallest absolute Gasteiger partial charge is 0.296 e. The third-order valence-electron chi connectivity index (χ3n) is 2.78. The van der Waals surface area contributed by atoms with Crippen LogP contribution >= 0.6 is 0 Å². The Bertz CT molecular complexity index is 468. The van der Waals surface area contributed by atoms with Crippen molar-refractivity contribution >= 4 is 5.91 Å². The highest BCUT2D eigenvalue weighted by Crippen LogP contribution is 2.43. The van der Waals surface area contributed by atoms with Crippen molar-refractivity contribution in [2.45, 2.75) is 25.3 Å². The number of nitrogens with one attached hydrogen (secondary N) is 1. The van der Waals surface area contributed by atoms with E-state index < -0.39 is 28.7 Å². The van der Waals surface area contributed by atoms with Crippen LogP contribution < -0.4 is 5.32 Å². The average molecular weight is 229 g/mol. The van der Waals surface area contributed by atoms with Gasteiger partial charge in [-0.25, -0.2) is 4.39 Å². The van der Waals surface area contributed by atoms with Crippen LogP contribution in [-0.2, 0) is 5.92 Å². The van der Waals surface area contributed by atoms with Crippen LogP contribution in [0.1, 0.15) is 29.8 Å². The summed E-state index contributed by atoms with van der Waals surface area (Å²) < 4.78 is 40.8. The van der Waals surface area contributed by atoms with Crippen molar-refractivity contribution in [1.29, 1.82) is 0 Å². The standard InChI is InChI=1S/C11H10F3NO/c1-10(2)11(13,14)8-5-6(12)3-4-7(8)9(16)15-10/h3-5H,1-2H3,(H,15,16). The number of amides is 1. The minimum Gasteiger partial charge on any atom is -0.341 e. The van der Waals surface area contributed by atoms with Crippen molar-refractivity contribution in [2.24, 2.45) is 0 Å². The molecule has 1 aliphatic heterocycles. The van der Waals surface area contributed by atoms with Gasteiger partial charge < -0.3 is 5.32 Å². The van der Waals surface area contributed by atoms with E-state index in [1.54, 1.807) is 0 Å². The van der Waals surface area contributed by atoms with Gasteiger partial charge in [0.1, 0.15) is 11.4 Å². The molecule has 1 amide bonds. The molecule has 0 aromatic heterocycles. The normalized spacial score (nSPS) is 21.2. The van der Waals surface area contributed by atoms with E-state index in [1.807, 2.05) is 0 Å². The molecule has 16 heavy (non-hydrogen) atoms. The summed E-state index contributed by atoms with van der Waals surface area (Å²) in [7, 11) is 0. The van der Waals surface area contributed by atoms with E-state index in [0.29, 0.717) is 0 Å². The number of carbonyl (C=O) groups excluding carboxylic acids is 1. The molecule has 2 rings (SSSR count). The van der Waals surface area contributed by atoms with Crippen LogP contribution in [0.25, 0.3) is 0 Å². The number of carbonyl (C=O) groups is 1. The number of fused-ring (bicyclic) bond motifs is 1. The van der Waals surface area contributed by atoms with Gasteiger partial charge in [-0.2, -0.15) is 8.78 Å². The number of hydrogen-bond acceptors (Lipinski definition) is 1. The highest BCUT2D eigenvalue weighted by atomic mass is 19.3. The molecule has 0 aliphatic carbocycles. The van der Waals surface area contributed by atoms with E-state index in [-0.39, 0.29) is 5.56 Å². The first-order valence-corrected chi connectivity index (χ1v) is 4.76. The topological polar surface area (TPSA) is 29.1 Å². The van der Waals surface area contributed by atoms with E-state index in [0.717, 1.165) is 18.2 Å². The predicted molar refractivity (Wildman–Crippen MR) is 51.8 cm³/mol. The van der Waals surface area contributed by atoms with Gasteiger partial charge in [0, 0.05) is 11.1 Å². The Morgan fingerprint density at radius 2 is 1.88 bits per heavy atom. The number of benzene rings is 1. The number of hydrogen-bond donors (Lipinski definition) is 1. The van der Waals surface area contributed by atoms with Crippen molar-refractivity contribution < 1.29 is 18.0 Å². The Labute approximate surface area is 90.5 Å². The van der Waals surface area contributed by atoms with Gasteiger partial charge in [0.2, 0.25) is 0 Å². The minimum atomic E-state index is -3.29. The lowest BCUT2D eigenvalue weighted by Crippen LogP contribution is -2.58. The van der Waals surface area contributed by atoms with Crippen LogP contribution in [0.15, 0.2) is 18.2 Å². The minimum absolute atomic E-state index is 0.175. The Hall–Kier alpha value is -1.52. The summed E-state index contributed by atoms with van der Waals surface area (Å²) in [6.07, 6.45) is 0. The van der Waals surface area contributed by atoms with Crippen molar-refractivity contribution in [3.05, 3.63) is 35.1 Å². The molecule has 0 radical (unpaired) electrons. The highest BCUT2D eigenvalue weighted by molar-refractivity contribution is 5.98. The fourth-order valence-electron chi connectivity index (χ4n) is 1.74. The Morgan fingerprint density at radius 1 is 1.25 bits per heavy atom. The predicted octanol–water partition coefficient (Wildman–Crippen LogP) is 2.44. The summed E-state index contributed by atoms with van der Waals surface area (Å²) >= 11 is 0. The zero-order valence-corrected chi connectivity index (χ0v) is 8.77. The summed E-state index contributed by atoms with van der Waals surface area (Å²) in [6.45, 7) is 2.41. The third kappa shape index (κ3) is 1.31. The van der Waals surface area contributed by atoms with Crippen molar-refractivity contribution in [3.63, 3.8) is 0 Å². The maximum Gasteiger partial charge on any atom is 0.296 e. The molecule has 0 fully saturated rings. The summed E-state index contributed by atoms with van der Waals surface area (Å²) in [5.74, 6) is -4.67. The zero-order chi connectivity index (χ0) is 12.1. The van der Waals surface area contributed by atoms with Gasteiger partial charge in [-0.15, -0.1) is 0 Å². The Kier molecular flexibility index (Phi) is 2.05. The zero-order valence-electron chi connectivity index (χ0n) is 8.77. The molecule has 86 valence electrons. The SMILES string of the molecule is CC1(C)NC(=O)c2ccc(F)cc2C1(F)F. The second kappa shape index (κ2) is 2.99. The molecule has 1 aromatic carbocycles. The van der Waals surface area contributed by atoms with E-state index in [4.69, 9.17) is 0 Å². The summed E-state index contributed by atoms with van der Waals surface area (Å²) in [4.78, 5) is 11.5. The Balaban J connectivity index is 2.71. The van der Waals surface area contributed by atoms with Crippen LogP contribution in [0.4, 0.5) is 13.2 Å². The van der Waals surface area contributed by atoms with Crippen LogP contribution in [0.2, 0.25) is 0 Å². The number of alkyl halides is 2. The van der Waals surface area contributed by atoms with Crippen LogP contribution in [0.5, 0.6) is 0 Å². The largest absolute Gasteiger partial charge is 0.341 e. The van der Waals surface area contributed by atoms with Gasteiger partial charge >= 0.3 is 0 Å². The second-order valence-electron chi connectivity index (χ2n) is 4.34. The van der Waals surface area contributed by atoms with E-state index in [2.05, 4.69) is 5.32 Å². The monoisotopic (exact) mass is 229 g/mol. The lowest BCUT2D eigenvalue weighted by molar-refractivity contribution is -0.0847. The lowest BCUT2D eigenvalue weighted by Gasteiger charge is -2.39. The molecule has 0 saturated carbocycles. The summed E-state index contributed by atoms with van der Waals surface area (Å²) in [5, 5.41) is 2.21. The summed E-state index contributed by atoms with van der Waals surface area (Å²) in [5.41, 5.74) is -2.45. The molecule has 0 spiro atoms. The van der Waals surface area contributed by atoms with E-state index in [1.165, 1.54) is 13.8 Å². The molecule has 0 saturated heterocycles. The second-order valence-corrected chi connectivity index (χ2v) is 4.34. The van der Waals surface area contributed by atoms with Gasteiger partial charge in [0.15, 0.2) is 0 Å². The first kappa shape index (κ1) is 11.0. The molecule has 1 N–H and O–H groups in total. The summed E-state index contributed by atoms with van der Waals surface area (Å²) in [6, 6.07) is 2.78. The molecule has 2 nitrogen and oxygen atoms in total.